The van der Waals surface area contributed by atoms with Gasteiger partial charge in [-0.15, -0.1) is 13.2 Å². The van der Waals surface area contributed by atoms with Gasteiger partial charge < -0.3 is 28.8 Å². The van der Waals surface area contributed by atoms with Gasteiger partial charge in [-0.05, 0) is 49.6 Å². The number of hydrogen-bond donors (Lipinski definition) is 1. The Morgan fingerprint density at radius 1 is 1.17 bits per heavy atom. The first-order valence-electron chi connectivity index (χ1n) is 11.4. The van der Waals surface area contributed by atoms with E-state index in [1.807, 2.05) is 37.6 Å². The largest absolute Gasteiger partial charge is 0.573 e. The summed E-state index contributed by atoms with van der Waals surface area (Å²) in [5.41, 5.74) is 4.43. The number of ether oxygens (including phenoxy) is 4. The summed E-state index contributed by atoms with van der Waals surface area (Å²) in [7, 11) is 2.93. The molecule has 0 fully saturated rings. The number of amides is 1. The van der Waals surface area contributed by atoms with Crippen molar-refractivity contribution in [3.8, 4) is 22.8 Å². The Bertz CT molecular complexity index is 1210. The van der Waals surface area contributed by atoms with Crippen LogP contribution >= 0.6 is 0 Å². The maximum atomic E-state index is 12.6. The first kappa shape index (κ1) is 27.1. The van der Waals surface area contributed by atoms with Crippen molar-refractivity contribution in [1.82, 2.24) is 14.9 Å². The van der Waals surface area contributed by atoms with Crippen molar-refractivity contribution < 1.29 is 36.9 Å². The predicted octanol–water partition coefficient (Wildman–Crippen LogP) is 5.55. The van der Waals surface area contributed by atoms with E-state index in [0.717, 1.165) is 22.2 Å². The minimum absolute atomic E-state index is 0.116. The standard InChI is InChI=1S/C25H30F3N3O5/c1-6-17(14-35-24(32)29-9-10-33-4)31-13-16(3)23-20(31)11-15(2)22(30-23)19-8-7-18(12-21(19)34-5)36-25(26,27)28/h7-8,11-13,17H,6,9-10,14H2,1-5H3,(H,29,32)/t17-/m0/s1. The van der Waals surface area contributed by atoms with Crippen LogP contribution in [0.25, 0.3) is 22.3 Å². The number of alkyl halides is 3. The smallest absolute Gasteiger partial charge is 0.496 e. The number of benzene rings is 1. The monoisotopic (exact) mass is 509 g/mol. The highest BCUT2D eigenvalue weighted by molar-refractivity contribution is 5.85. The zero-order valence-corrected chi connectivity index (χ0v) is 20.9. The van der Waals surface area contributed by atoms with Crippen molar-refractivity contribution in [2.45, 2.75) is 39.6 Å². The van der Waals surface area contributed by atoms with E-state index in [1.165, 1.54) is 25.3 Å². The molecule has 0 saturated carbocycles. The number of methoxy groups -OCH3 is 2. The molecule has 0 aliphatic carbocycles. The molecule has 196 valence electrons. The number of carbonyl (C=O) groups excluding carboxylic acids is 1. The van der Waals surface area contributed by atoms with Crippen molar-refractivity contribution >= 4 is 17.1 Å². The lowest BCUT2D eigenvalue weighted by Crippen LogP contribution is -2.29. The van der Waals surface area contributed by atoms with Gasteiger partial charge in [0.1, 0.15) is 18.1 Å². The highest BCUT2D eigenvalue weighted by Crippen LogP contribution is 2.37. The van der Waals surface area contributed by atoms with Gasteiger partial charge in [0.25, 0.3) is 0 Å². The molecule has 0 unspecified atom stereocenters. The van der Waals surface area contributed by atoms with E-state index in [9.17, 15) is 18.0 Å². The second-order valence-corrected chi connectivity index (χ2v) is 8.23. The Balaban J connectivity index is 1.92. The molecular formula is C25H30F3N3O5. The highest BCUT2D eigenvalue weighted by Gasteiger charge is 2.31. The first-order valence-corrected chi connectivity index (χ1v) is 11.4. The number of nitrogens with zero attached hydrogens (tertiary/aromatic N) is 2. The van der Waals surface area contributed by atoms with Crippen LogP contribution in [0, 0.1) is 13.8 Å². The summed E-state index contributed by atoms with van der Waals surface area (Å²) in [5, 5.41) is 2.63. The maximum Gasteiger partial charge on any atom is 0.573 e. The van der Waals surface area contributed by atoms with Crippen LogP contribution in [-0.2, 0) is 9.47 Å². The number of pyridine rings is 1. The SMILES string of the molecule is CC[C@@H](COC(=O)NCCOC)n1cc(C)c2nc(-c3ccc(OC(F)(F)F)cc3OC)c(C)cc21. The molecule has 0 spiro atoms. The second kappa shape index (κ2) is 11.5. The van der Waals surface area contributed by atoms with Crippen molar-refractivity contribution in [3.63, 3.8) is 0 Å². The number of alkyl carbamates (subject to hydrolysis) is 1. The number of nitrogens with one attached hydrogen (secondary N) is 1. The number of hydrogen-bond acceptors (Lipinski definition) is 6. The predicted molar refractivity (Wildman–Crippen MR) is 128 cm³/mol. The van der Waals surface area contributed by atoms with Gasteiger partial charge in [-0.2, -0.15) is 0 Å². The normalized spacial score (nSPS) is 12.4. The molecule has 0 radical (unpaired) electrons. The van der Waals surface area contributed by atoms with Gasteiger partial charge in [0.05, 0.1) is 36.5 Å². The minimum atomic E-state index is -4.80. The lowest BCUT2D eigenvalue weighted by molar-refractivity contribution is -0.274. The lowest BCUT2D eigenvalue weighted by atomic mass is 10.0. The molecule has 1 amide bonds. The summed E-state index contributed by atoms with van der Waals surface area (Å²) in [6.45, 7) is 6.72. The molecule has 0 aliphatic rings. The van der Waals surface area contributed by atoms with Crippen LogP contribution in [0.3, 0.4) is 0 Å². The Morgan fingerprint density at radius 3 is 2.56 bits per heavy atom. The third-order valence-electron chi connectivity index (χ3n) is 5.69. The van der Waals surface area contributed by atoms with Crippen LogP contribution in [0.5, 0.6) is 11.5 Å². The van der Waals surface area contributed by atoms with Crippen LogP contribution in [0.1, 0.15) is 30.5 Å². The highest BCUT2D eigenvalue weighted by atomic mass is 19.4. The summed E-state index contributed by atoms with van der Waals surface area (Å²) >= 11 is 0. The third kappa shape index (κ3) is 6.39. The summed E-state index contributed by atoms with van der Waals surface area (Å²) in [4.78, 5) is 16.8. The molecule has 1 aromatic carbocycles. The van der Waals surface area contributed by atoms with Crippen LogP contribution < -0.4 is 14.8 Å². The Hall–Kier alpha value is -3.47. The second-order valence-electron chi connectivity index (χ2n) is 8.23. The average Bonchev–Trinajstić information content (AvgIpc) is 3.13. The molecule has 2 aromatic heterocycles. The molecule has 36 heavy (non-hydrogen) atoms. The third-order valence-corrected chi connectivity index (χ3v) is 5.69. The molecule has 3 aromatic rings. The van der Waals surface area contributed by atoms with E-state index in [0.29, 0.717) is 30.8 Å². The number of fused-ring (bicyclic) bond motifs is 1. The molecule has 0 aliphatic heterocycles. The van der Waals surface area contributed by atoms with E-state index in [-0.39, 0.29) is 24.1 Å². The van der Waals surface area contributed by atoms with Gasteiger partial charge in [0.2, 0.25) is 0 Å². The van der Waals surface area contributed by atoms with Crippen molar-refractivity contribution in [2.75, 3.05) is 34.0 Å². The van der Waals surface area contributed by atoms with Crippen LogP contribution in [0.2, 0.25) is 0 Å². The molecule has 1 atom stereocenters. The number of aryl methyl sites for hydroxylation is 2. The number of rotatable bonds is 10. The quantitative estimate of drug-likeness (QED) is 0.361. The summed E-state index contributed by atoms with van der Waals surface area (Å²) < 4.78 is 59.6. The van der Waals surface area contributed by atoms with E-state index >= 15 is 0 Å². The summed E-state index contributed by atoms with van der Waals surface area (Å²) in [6.07, 6.45) is -2.65. The number of aromatic nitrogens is 2. The molecule has 0 bridgehead atoms. The summed E-state index contributed by atoms with van der Waals surface area (Å²) in [5.74, 6) is -0.163. The fourth-order valence-electron chi connectivity index (χ4n) is 3.94. The average molecular weight is 510 g/mol. The van der Waals surface area contributed by atoms with E-state index in [4.69, 9.17) is 19.2 Å². The molecule has 8 nitrogen and oxygen atoms in total. The summed E-state index contributed by atoms with van der Waals surface area (Å²) in [6, 6.07) is 5.77. The maximum absolute atomic E-state index is 12.6. The number of halogens is 3. The Morgan fingerprint density at radius 2 is 1.92 bits per heavy atom. The van der Waals surface area contributed by atoms with Gasteiger partial charge in [-0.3, -0.25) is 0 Å². The van der Waals surface area contributed by atoms with Crippen LogP contribution in [0.15, 0.2) is 30.5 Å². The van der Waals surface area contributed by atoms with Crippen molar-refractivity contribution in [3.05, 3.63) is 41.6 Å². The lowest BCUT2D eigenvalue weighted by Gasteiger charge is -2.19. The Kier molecular flexibility index (Phi) is 8.67. The number of carbonyl (C=O) groups is 1. The molecule has 0 saturated heterocycles. The molecule has 11 heteroatoms. The van der Waals surface area contributed by atoms with Crippen molar-refractivity contribution in [1.29, 1.82) is 0 Å². The molecular weight excluding hydrogens is 479 g/mol. The van der Waals surface area contributed by atoms with E-state index < -0.39 is 12.5 Å². The topological polar surface area (TPSA) is 83.8 Å². The molecule has 2 heterocycles. The first-order chi connectivity index (χ1) is 17.1. The van der Waals surface area contributed by atoms with Gasteiger partial charge in [0.15, 0.2) is 0 Å². The van der Waals surface area contributed by atoms with Crippen LogP contribution in [-0.4, -0.2) is 56.0 Å². The van der Waals surface area contributed by atoms with Gasteiger partial charge in [-0.1, -0.05) is 6.92 Å². The fourth-order valence-corrected chi connectivity index (χ4v) is 3.94. The van der Waals surface area contributed by atoms with E-state index in [2.05, 4.69) is 10.1 Å². The van der Waals surface area contributed by atoms with E-state index in [1.54, 1.807) is 7.11 Å². The van der Waals surface area contributed by atoms with Crippen molar-refractivity contribution in [2.24, 2.45) is 0 Å². The Labute approximate surface area is 207 Å². The van der Waals surface area contributed by atoms with Gasteiger partial charge in [-0.25, -0.2) is 9.78 Å². The van der Waals surface area contributed by atoms with Crippen LogP contribution in [0.4, 0.5) is 18.0 Å². The van der Waals surface area contributed by atoms with Gasteiger partial charge in [0, 0.05) is 31.5 Å². The minimum Gasteiger partial charge on any atom is -0.496 e. The molecule has 1 N–H and O–H groups in total. The molecule has 3 rings (SSSR count). The fraction of sp³-hybridized carbons (Fsp3) is 0.440. The zero-order valence-electron chi connectivity index (χ0n) is 20.9. The zero-order chi connectivity index (χ0) is 26.5. The van der Waals surface area contributed by atoms with Gasteiger partial charge >= 0.3 is 12.5 Å².